The van der Waals surface area contributed by atoms with Crippen molar-refractivity contribution >= 4 is 17.7 Å². The molecule has 1 aromatic carbocycles. The van der Waals surface area contributed by atoms with E-state index in [1.165, 1.54) is 19.1 Å². The molecule has 246 valence electrons. The molecule has 0 aromatic heterocycles. The molecule has 0 saturated heterocycles. The minimum atomic E-state index is -2.27. The largest absolute Gasteiger partial charge is 0.454 e. The maximum Gasteiger partial charge on any atom is 0.338 e. The Balaban J connectivity index is 1.64. The van der Waals surface area contributed by atoms with Crippen molar-refractivity contribution in [2.24, 2.45) is 29.1 Å². The van der Waals surface area contributed by atoms with Crippen LogP contribution >= 0.6 is 0 Å². The van der Waals surface area contributed by atoms with Crippen molar-refractivity contribution in [3.63, 3.8) is 0 Å². The Morgan fingerprint density at radius 3 is 2.31 bits per heavy atom. The monoisotopic (exact) mass is 626 g/mol. The molecule has 9 atom stereocenters. The van der Waals surface area contributed by atoms with Gasteiger partial charge in [0.25, 0.3) is 0 Å². The number of ketones is 1. The highest BCUT2D eigenvalue weighted by atomic mass is 17.1. The lowest BCUT2D eigenvalue weighted by molar-refractivity contribution is -0.313. The number of fused-ring (bicyclic) bond motifs is 5. The summed E-state index contributed by atoms with van der Waals surface area (Å²) < 4.78 is 12.6. The smallest absolute Gasteiger partial charge is 0.338 e. The summed E-state index contributed by atoms with van der Waals surface area (Å²) in [4.78, 5) is 45.5. The summed E-state index contributed by atoms with van der Waals surface area (Å²) in [5.41, 5.74) is -6.20. The van der Waals surface area contributed by atoms with Gasteiger partial charge in [0.05, 0.1) is 17.8 Å². The highest BCUT2D eigenvalue weighted by Crippen LogP contribution is 2.77. The first-order valence-electron chi connectivity index (χ1n) is 16.1. The predicted octanol–water partition coefficient (Wildman–Crippen LogP) is 4.17. The second kappa shape index (κ2) is 12.0. The molecule has 0 radical (unpaired) electrons. The molecule has 10 nitrogen and oxygen atoms in total. The minimum Gasteiger partial charge on any atom is -0.454 e. The van der Waals surface area contributed by atoms with Gasteiger partial charge >= 0.3 is 11.9 Å². The van der Waals surface area contributed by atoms with Crippen molar-refractivity contribution in [1.82, 2.24) is 0 Å². The fourth-order valence-corrected chi connectivity index (χ4v) is 8.88. The molecule has 0 spiro atoms. The van der Waals surface area contributed by atoms with Gasteiger partial charge in [-0.25, -0.2) is 9.68 Å². The van der Waals surface area contributed by atoms with Crippen molar-refractivity contribution in [2.75, 3.05) is 6.61 Å². The molecule has 0 unspecified atom stereocenters. The van der Waals surface area contributed by atoms with Crippen molar-refractivity contribution < 1.29 is 49.3 Å². The molecule has 0 aliphatic heterocycles. The zero-order chi connectivity index (χ0) is 32.9. The zero-order valence-electron chi connectivity index (χ0n) is 26.7. The molecule has 5 rings (SSSR count). The van der Waals surface area contributed by atoms with E-state index in [1.54, 1.807) is 37.3 Å². The van der Waals surface area contributed by atoms with Crippen LogP contribution in [0.5, 0.6) is 0 Å². The number of unbranched alkanes of at least 4 members (excludes halogenated alkanes) is 4. The average molecular weight is 627 g/mol. The van der Waals surface area contributed by atoms with Crippen molar-refractivity contribution in [2.45, 2.75) is 102 Å². The Morgan fingerprint density at radius 1 is 1.02 bits per heavy atom. The molecular formula is C35H46O10. The number of Topliss-reactive ketones (excluding diaryl/α,β-unsaturated/α-hetero) is 1. The van der Waals surface area contributed by atoms with Crippen LogP contribution in [0.4, 0.5) is 0 Å². The van der Waals surface area contributed by atoms with Crippen LogP contribution in [-0.2, 0) is 24.0 Å². The third-order valence-electron chi connectivity index (χ3n) is 11.2. The molecule has 1 aromatic rings. The fourth-order valence-electron chi connectivity index (χ4n) is 8.88. The number of carbonyl (C=O) groups is 3. The van der Waals surface area contributed by atoms with E-state index in [2.05, 4.69) is 6.92 Å². The molecule has 0 amide bonds. The van der Waals surface area contributed by atoms with E-state index in [4.69, 9.17) is 14.4 Å². The molecule has 4 N–H and O–H groups in total. The maximum absolute atomic E-state index is 13.6. The molecule has 2 fully saturated rings. The van der Waals surface area contributed by atoms with Crippen LogP contribution in [0.3, 0.4) is 0 Å². The van der Waals surface area contributed by atoms with Gasteiger partial charge in [-0.2, -0.15) is 0 Å². The molecule has 45 heavy (non-hydrogen) atoms. The SMILES string of the molecule is CCCCCCCC(=O)O[C@@]12[C@H](OC(=O)c3ccccc3)[C@@H](C)[C@@]3(O)[C@H]([C@@H]1C2(C)C)[C@@H](OO)C(CO)=C[C@]1(O)C(=O)C(C)=C[C@@H]31. The first kappa shape index (κ1) is 33.5. The van der Waals surface area contributed by atoms with Crippen molar-refractivity contribution in [1.29, 1.82) is 0 Å². The van der Waals surface area contributed by atoms with Crippen LogP contribution in [0.15, 0.2) is 53.6 Å². The average Bonchev–Trinajstić information content (AvgIpc) is 3.43. The summed E-state index contributed by atoms with van der Waals surface area (Å²) >= 11 is 0. The van der Waals surface area contributed by atoms with E-state index in [0.717, 1.165) is 25.7 Å². The van der Waals surface area contributed by atoms with Crippen molar-refractivity contribution in [3.8, 4) is 0 Å². The molecule has 2 saturated carbocycles. The van der Waals surface area contributed by atoms with Crippen LogP contribution in [0.1, 0.15) is 83.5 Å². The van der Waals surface area contributed by atoms with Crippen LogP contribution < -0.4 is 0 Å². The van der Waals surface area contributed by atoms with E-state index in [9.17, 15) is 35.0 Å². The number of aliphatic hydroxyl groups is 3. The zero-order valence-corrected chi connectivity index (χ0v) is 26.7. The molecule has 0 bridgehead atoms. The van der Waals surface area contributed by atoms with E-state index >= 15 is 0 Å². The van der Waals surface area contributed by atoms with Gasteiger partial charge in [0.1, 0.15) is 12.2 Å². The van der Waals surface area contributed by atoms with E-state index in [1.807, 2.05) is 13.8 Å². The summed E-state index contributed by atoms with van der Waals surface area (Å²) in [6.45, 7) is 8.27. The number of hydrogen-bond acceptors (Lipinski definition) is 10. The number of carbonyl (C=O) groups excluding carboxylic acids is 3. The van der Waals surface area contributed by atoms with Gasteiger partial charge in [0.2, 0.25) is 0 Å². The molecule has 4 aliphatic rings. The first-order chi connectivity index (χ1) is 21.3. The number of aliphatic hydroxyl groups excluding tert-OH is 1. The molecule has 0 heterocycles. The lowest BCUT2D eigenvalue weighted by Gasteiger charge is -2.54. The lowest BCUT2D eigenvalue weighted by Crippen LogP contribution is -2.68. The molecular weight excluding hydrogens is 580 g/mol. The third kappa shape index (κ3) is 4.91. The second-order valence-corrected chi connectivity index (χ2v) is 13.9. The first-order valence-corrected chi connectivity index (χ1v) is 16.1. The molecule has 10 heteroatoms. The summed E-state index contributed by atoms with van der Waals surface area (Å²) in [5.74, 6) is -5.99. The third-order valence-corrected chi connectivity index (χ3v) is 11.2. The summed E-state index contributed by atoms with van der Waals surface area (Å²) in [6, 6.07) is 8.33. The van der Waals surface area contributed by atoms with Crippen LogP contribution in [0.2, 0.25) is 0 Å². The van der Waals surface area contributed by atoms with E-state index in [-0.39, 0.29) is 23.1 Å². The fraction of sp³-hybridized carbons (Fsp3) is 0.629. The van der Waals surface area contributed by atoms with E-state index < -0.39 is 82.4 Å². The normalized spacial score (nSPS) is 37.8. The predicted molar refractivity (Wildman–Crippen MR) is 163 cm³/mol. The van der Waals surface area contributed by atoms with Gasteiger partial charge in [0, 0.05) is 35.5 Å². The standard InChI is InChI=1S/C35H46O10/c1-6-7-8-9-13-16-25(37)44-35-28(32(35,4)5)26-27(45-42)23(19-36)18-33(40)24(17-20(2)29(33)38)34(26,41)21(3)30(35)43-31(39)22-14-11-10-12-15-22/h10-12,14-15,17-18,21,24,26-28,30,36,40-42H,6-9,13,16,19H2,1-5H3/t21-,24-,26+,27+,28-,30-,33-,34+,35-/m1/s1. The number of hydrogen-bond donors (Lipinski definition) is 4. The Hall–Kier alpha value is -2.89. The van der Waals surface area contributed by atoms with Gasteiger partial charge in [-0.05, 0) is 42.7 Å². The Labute approximate surface area is 264 Å². The number of esters is 2. The second-order valence-electron chi connectivity index (χ2n) is 13.9. The highest BCUT2D eigenvalue weighted by molar-refractivity contribution is 6.06. The van der Waals surface area contributed by atoms with E-state index in [0.29, 0.717) is 6.42 Å². The topological polar surface area (TPSA) is 160 Å². The van der Waals surface area contributed by atoms with Crippen LogP contribution in [-0.4, -0.2) is 73.9 Å². The van der Waals surface area contributed by atoms with Gasteiger partial charge in [0.15, 0.2) is 17.0 Å². The van der Waals surface area contributed by atoms with Crippen LogP contribution in [0.25, 0.3) is 0 Å². The van der Waals surface area contributed by atoms with Gasteiger partial charge in [-0.1, -0.05) is 77.7 Å². The quantitative estimate of drug-likeness (QED) is 0.0923. The van der Waals surface area contributed by atoms with Crippen molar-refractivity contribution in [3.05, 3.63) is 59.2 Å². The Bertz CT molecular complexity index is 1380. The van der Waals surface area contributed by atoms with Gasteiger partial charge < -0.3 is 24.8 Å². The van der Waals surface area contributed by atoms with Crippen LogP contribution in [0, 0.1) is 29.1 Å². The number of ether oxygens (including phenoxy) is 2. The number of rotatable bonds is 11. The Kier molecular flexibility index (Phi) is 8.96. The molecule has 4 aliphatic carbocycles. The van der Waals surface area contributed by atoms with Gasteiger partial charge in [-0.15, -0.1) is 0 Å². The minimum absolute atomic E-state index is 0.00755. The van der Waals surface area contributed by atoms with Gasteiger partial charge in [-0.3, -0.25) is 14.8 Å². The Morgan fingerprint density at radius 2 is 1.69 bits per heavy atom. The summed E-state index contributed by atoms with van der Waals surface area (Å²) in [5, 5.41) is 45.6. The summed E-state index contributed by atoms with van der Waals surface area (Å²) in [7, 11) is 0. The highest BCUT2D eigenvalue weighted by Gasteiger charge is 2.89. The maximum atomic E-state index is 13.6. The summed E-state index contributed by atoms with van der Waals surface area (Å²) in [6.07, 6.45) is 4.84. The lowest BCUT2D eigenvalue weighted by atomic mass is 9.58. The number of benzene rings is 1.